The van der Waals surface area contributed by atoms with Crippen LogP contribution < -0.4 is 5.73 Å². The van der Waals surface area contributed by atoms with E-state index in [9.17, 15) is 0 Å². The molecule has 1 aromatic rings. The highest BCUT2D eigenvalue weighted by molar-refractivity contribution is 8.14. The summed E-state index contributed by atoms with van der Waals surface area (Å²) in [7, 11) is 0. The first-order chi connectivity index (χ1) is 7.98. The quantitative estimate of drug-likeness (QED) is 0.623. The van der Waals surface area contributed by atoms with E-state index in [0.29, 0.717) is 5.75 Å². The third kappa shape index (κ3) is 2.88. The minimum absolute atomic E-state index is 0.0545. The zero-order valence-electron chi connectivity index (χ0n) is 10.2. The number of nitrogens with two attached hydrogens (primary N) is 1. The highest BCUT2D eigenvalue weighted by atomic mass is 32.2. The molecule has 0 amide bonds. The fourth-order valence-corrected chi connectivity index (χ4v) is 2.66. The molecular formula is C13H17N3S. The zero-order valence-corrected chi connectivity index (χ0v) is 11.0. The van der Waals surface area contributed by atoms with Crippen molar-refractivity contribution in [3.63, 3.8) is 0 Å². The van der Waals surface area contributed by atoms with Gasteiger partial charge in [-0.1, -0.05) is 36.0 Å². The first kappa shape index (κ1) is 12.2. The molecule has 4 heteroatoms. The Bertz CT molecular complexity index is 477. The maximum Gasteiger partial charge on any atom is 0.151 e. The van der Waals surface area contributed by atoms with Gasteiger partial charge in [0.2, 0.25) is 0 Å². The summed E-state index contributed by atoms with van der Waals surface area (Å²) in [6.45, 7) is 4.28. The predicted molar refractivity (Wildman–Crippen MR) is 75.1 cm³/mol. The Labute approximate surface area is 106 Å². The second-order valence-electron chi connectivity index (χ2n) is 4.86. The van der Waals surface area contributed by atoms with Crippen LogP contribution in [0.3, 0.4) is 0 Å². The van der Waals surface area contributed by atoms with Crippen molar-refractivity contribution in [1.82, 2.24) is 0 Å². The van der Waals surface area contributed by atoms with Gasteiger partial charge in [-0.25, -0.2) is 0 Å². The second kappa shape index (κ2) is 4.53. The lowest BCUT2D eigenvalue weighted by atomic mass is 9.87. The first-order valence-corrected chi connectivity index (χ1v) is 6.60. The van der Waals surface area contributed by atoms with E-state index in [0.717, 1.165) is 12.1 Å². The molecule has 0 radical (unpaired) electrons. The van der Waals surface area contributed by atoms with Crippen molar-refractivity contribution in [3.8, 4) is 0 Å². The monoisotopic (exact) mass is 247 g/mol. The Kier molecular flexibility index (Phi) is 3.24. The fourth-order valence-electron chi connectivity index (χ4n) is 2.14. The van der Waals surface area contributed by atoms with Gasteiger partial charge in [-0.2, -0.15) is 0 Å². The molecule has 0 fully saturated rings. The number of amidine groups is 1. The van der Waals surface area contributed by atoms with Gasteiger partial charge in [-0.3, -0.25) is 10.4 Å². The lowest BCUT2D eigenvalue weighted by Crippen LogP contribution is -2.30. The molecule has 1 aliphatic rings. The first-order valence-electron chi connectivity index (χ1n) is 5.62. The molecule has 0 unspecified atom stereocenters. The number of benzene rings is 1. The molecule has 90 valence electrons. The van der Waals surface area contributed by atoms with Gasteiger partial charge in [0.15, 0.2) is 5.17 Å². The minimum atomic E-state index is -0.0545. The van der Waals surface area contributed by atoms with Crippen LogP contribution in [0.2, 0.25) is 0 Å². The zero-order chi connectivity index (χ0) is 12.5. The predicted octanol–water partition coefficient (Wildman–Crippen LogP) is 2.44. The number of hydrogen-bond donors (Lipinski definition) is 2. The van der Waals surface area contributed by atoms with Gasteiger partial charge < -0.3 is 5.73 Å². The number of nitrogens with zero attached hydrogens (tertiary/aromatic N) is 1. The summed E-state index contributed by atoms with van der Waals surface area (Å²) in [6, 6.07) is 8.36. The molecule has 0 aliphatic carbocycles. The SMILES string of the molecule is CC1(C)Cc2ccccc2C(CSC(=N)N)=N1. The van der Waals surface area contributed by atoms with Gasteiger partial charge in [-0.15, -0.1) is 0 Å². The average molecular weight is 247 g/mol. The largest absolute Gasteiger partial charge is 0.379 e. The molecule has 0 spiro atoms. The van der Waals surface area contributed by atoms with Crippen LogP contribution in [0.1, 0.15) is 25.0 Å². The van der Waals surface area contributed by atoms with Gasteiger partial charge >= 0.3 is 0 Å². The summed E-state index contributed by atoms with van der Waals surface area (Å²) < 4.78 is 0. The standard InChI is InChI=1S/C13H17N3S/c1-13(2)7-9-5-3-4-6-10(9)11(16-13)8-17-12(14)15/h3-6H,7-8H2,1-2H3,(H3,14,15). The van der Waals surface area contributed by atoms with Crippen molar-refractivity contribution in [2.45, 2.75) is 25.8 Å². The third-order valence-electron chi connectivity index (χ3n) is 2.75. The van der Waals surface area contributed by atoms with Gasteiger partial charge in [0.05, 0.1) is 11.3 Å². The normalized spacial score (nSPS) is 17.2. The van der Waals surface area contributed by atoms with Crippen LogP contribution in [0.5, 0.6) is 0 Å². The Hall–Kier alpha value is -1.29. The Morgan fingerprint density at radius 3 is 2.88 bits per heavy atom. The number of rotatable bonds is 2. The van der Waals surface area contributed by atoms with E-state index in [1.807, 2.05) is 6.07 Å². The average Bonchev–Trinajstić information content (AvgIpc) is 2.24. The van der Waals surface area contributed by atoms with E-state index >= 15 is 0 Å². The lowest BCUT2D eigenvalue weighted by Gasteiger charge is -2.28. The Morgan fingerprint density at radius 2 is 2.18 bits per heavy atom. The van der Waals surface area contributed by atoms with E-state index in [1.165, 1.54) is 22.9 Å². The van der Waals surface area contributed by atoms with Gasteiger partial charge in [0, 0.05) is 5.75 Å². The third-order valence-corrected chi connectivity index (χ3v) is 3.48. The fraction of sp³-hybridized carbons (Fsp3) is 0.385. The molecule has 3 N–H and O–H groups in total. The number of thioether (sulfide) groups is 1. The summed E-state index contributed by atoms with van der Waals surface area (Å²) in [4.78, 5) is 4.77. The van der Waals surface area contributed by atoms with E-state index in [-0.39, 0.29) is 10.7 Å². The molecule has 1 heterocycles. The van der Waals surface area contributed by atoms with Crippen molar-refractivity contribution in [3.05, 3.63) is 35.4 Å². The van der Waals surface area contributed by atoms with Crippen LogP contribution >= 0.6 is 11.8 Å². The minimum Gasteiger partial charge on any atom is -0.379 e. The maximum absolute atomic E-state index is 7.28. The topological polar surface area (TPSA) is 62.2 Å². The molecule has 1 aromatic carbocycles. The van der Waals surface area contributed by atoms with E-state index in [4.69, 9.17) is 16.1 Å². The summed E-state index contributed by atoms with van der Waals surface area (Å²) in [5.41, 5.74) is 8.94. The molecule has 2 rings (SSSR count). The smallest absolute Gasteiger partial charge is 0.151 e. The molecular weight excluding hydrogens is 230 g/mol. The molecule has 0 saturated heterocycles. The summed E-state index contributed by atoms with van der Waals surface area (Å²) >= 11 is 1.33. The highest BCUT2D eigenvalue weighted by Gasteiger charge is 2.26. The Morgan fingerprint density at radius 1 is 1.47 bits per heavy atom. The van der Waals surface area contributed by atoms with Crippen LogP contribution in [-0.2, 0) is 6.42 Å². The van der Waals surface area contributed by atoms with E-state index < -0.39 is 0 Å². The van der Waals surface area contributed by atoms with Crippen LogP contribution in [0, 0.1) is 5.41 Å². The number of hydrogen-bond acceptors (Lipinski definition) is 3. The molecule has 0 saturated carbocycles. The molecule has 0 aromatic heterocycles. The van der Waals surface area contributed by atoms with Gasteiger partial charge in [-0.05, 0) is 31.4 Å². The molecule has 3 nitrogen and oxygen atoms in total. The van der Waals surface area contributed by atoms with Crippen LogP contribution in [0.25, 0.3) is 0 Å². The van der Waals surface area contributed by atoms with Crippen LogP contribution in [0.4, 0.5) is 0 Å². The van der Waals surface area contributed by atoms with Crippen molar-refractivity contribution in [2.24, 2.45) is 10.7 Å². The van der Waals surface area contributed by atoms with Crippen molar-refractivity contribution in [1.29, 1.82) is 5.41 Å². The van der Waals surface area contributed by atoms with Crippen LogP contribution in [0.15, 0.2) is 29.3 Å². The summed E-state index contributed by atoms with van der Waals surface area (Å²) in [5.74, 6) is 0.676. The number of fused-ring (bicyclic) bond motifs is 1. The van der Waals surface area contributed by atoms with Gasteiger partial charge in [0.1, 0.15) is 0 Å². The highest BCUT2D eigenvalue weighted by Crippen LogP contribution is 2.27. The van der Waals surface area contributed by atoms with Crippen LogP contribution in [-0.4, -0.2) is 22.2 Å². The maximum atomic E-state index is 7.28. The van der Waals surface area contributed by atoms with Crippen molar-refractivity contribution in [2.75, 3.05) is 5.75 Å². The van der Waals surface area contributed by atoms with Crippen molar-refractivity contribution < 1.29 is 0 Å². The molecule has 0 atom stereocenters. The summed E-state index contributed by atoms with van der Waals surface area (Å²) in [6.07, 6.45) is 0.970. The lowest BCUT2D eigenvalue weighted by molar-refractivity contribution is 0.513. The molecule has 1 aliphatic heterocycles. The number of aliphatic imine (C=N–C) groups is 1. The van der Waals surface area contributed by atoms with Crippen molar-refractivity contribution >= 4 is 22.6 Å². The van der Waals surface area contributed by atoms with E-state index in [2.05, 4.69) is 32.0 Å². The van der Waals surface area contributed by atoms with Gasteiger partial charge in [0.25, 0.3) is 0 Å². The summed E-state index contributed by atoms with van der Waals surface area (Å²) in [5, 5.41) is 7.43. The Balaban J connectivity index is 2.33. The van der Waals surface area contributed by atoms with E-state index in [1.54, 1.807) is 0 Å². The molecule has 17 heavy (non-hydrogen) atoms. The second-order valence-corrected chi connectivity index (χ2v) is 5.87. The molecule has 0 bridgehead atoms. The number of nitrogens with one attached hydrogen (secondary N) is 1.